The van der Waals surface area contributed by atoms with Gasteiger partial charge in [0.2, 0.25) is 0 Å². The number of alkyl halides is 3. The Hall–Kier alpha value is -2.44. The maximum Gasteiger partial charge on any atom is 0.490 e. The summed E-state index contributed by atoms with van der Waals surface area (Å²) < 4.78 is 38.9. The minimum atomic E-state index is -5.08. The first-order chi connectivity index (χ1) is 14.0. The van der Waals surface area contributed by atoms with Gasteiger partial charge in [0.25, 0.3) is 0 Å². The summed E-state index contributed by atoms with van der Waals surface area (Å²) in [5.74, 6) is -1.82. The zero-order chi connectivity index (χ0) is 22.5. The van der Waals surface area contributed by atoms with E-state index in [1.54, 1.807) is 0 Å². The van der Waals surface area contributed by atoms with Gasteiger partial charge in [-0.2, -0.15) is 18.3 Å². The predicted molar refractivity (Wildman–Crippen MR) is 101 cm³/mol. The van der Waals surface area contributed by atoms with E-state index in [0.717, 1.165) is 56.4 Å². The summed E-state index contributed by atoms with van der Waals surface area (Å²) >= 11 is 0. The zero-order valence-electron chi connectivity index (χ0n) is 17.2. The third-order valence-corrected chi connectivity index (χ3v) is 4.89. The van der Waals surface area contributed by atoms with Crippen molar-refractivity contribution in [3.05, 3.63) is 34.5 Å². The van der Waals surface area contributed by atoms with Crippen LogP contribution >= 0.6 is 0 Å². The lowest BCUT2D eigenvalue weighted by Crippen LogP contribution is -2.45. The lowest BCUT2D eigenvalue weighted by atomic mass is 10.1. The molecule has 0 atom stereocenters. The summed E-state index contributed by atoms with van der Waals surface area (Å²) in [6.45, 7) is 10.6. The summed E-state index contributed by atoms with van der Waals surface area (Å²) in [4.78, 5) is 13.8. The number of hydrogen-bond donors (Lipinski definition) is 2. The summed E-state index contributed by atoms with van der Waals surface area (Å²) in [7, 11) is 1.99. The Labute approximate surface area is 172 Å². The van der Waals surface area contributed by atoms with Crippen molar-refractivity contribution in [2.75, 3.05) is 26.2 Å². The SMILES string of the molecule is Cc1noc(C)c1CN1CCN(Cc2cc(CN)nn2C)CC1.O=C(O)C(F)(F)F. The van der Waals surface area contributed by atoms with Crippen LogP contribution in [-0.4, -0.2) is 68.2 Å². The third-order valence-electron chi connectivity index (χ3n) is 4.89. The molecule has 1 fully saturated rings. The second kappa shape index (κ2) is 10.0. The largest absolute Gasteiger partial charge is 0.490 e. The highest BCUT2D eigenvalue weighted by atomic mass is 19.4. The number of nitrogens with two attached hydrogens (primary N) is 1. The Balaban J connectivity index is 0.000000396. The summed E-state index contributed by atoms with van der Waals surface area (Å²) in [6.07, 6.45) is -5.08. The van der Waals surface area contributed by atoms with Crippen LogP contribution in [0.15, 0.2) is 10.6 Å². The van der Waals surface area contributed by atoms with Crippen molar-refractivity contribution in [3.63, 3.8) is 0 Å². The van der Waals surface area contributed by atoms with Crippen LogP contribution in [0.2, 0.25) is 0 Å². The van der Waals surface area contributed by atoms with Crippen LogP contribution in [0.5, 0.6) is 0 Å². The number of aryl methyl sites for hydroxylation is 3. The van der Waals surface area contributed by atoms with Crippen molar-refractivity contribution in [2.24, 2.45) is 12.8 Å². The van der Waals surface area contributed by atoms with E-state index >= 15 is 0 Å². The van der Waals surface area contributed by atoms with Gasteiger partial charge >= 0.3 is 12.1 Å². The van der Waals surface area contributed by atoms with E-state index in [9.17, 15) is 13.2 Å². The highest BCUT2D eigenvalue weighted by molar-refractivity contribution is 5.73. The molecule has 0 saturated carbocycles. The molecular formula is C18H27F3N6O3. The zero-order valence-corrected chi connectivity index (χ0v) is 17.2. The number of aliphatic carboxylic acids is 1. The monoisotopic (exact) mass is 432 g/mol. The molecule has 3 N–H and O–H groups in total. The molecule has 2 aromatic rings. The van der Waals surface area contributed by atoms with Gasteiger partial charge in [-0.05, 0) is 19.9 Å². The van der Waals surface area contributed by atoms with Crippen molar-refractivity contribution >= 4 is 5.97 Å². The molecule has 2 aromatic heterocycles. The molecule has 0 spiro atoms. The first kappa shape index (κ1) is 23.8. The number of piperazine rings is 1. The van der Waals surface area contributed by atoms with E-state index in [1.165, 1.54) is 11.3 Å². The van der Waals surface area contributed by atoms with Gasteiger partial charge in [0.05, 0.1) is 17.1 Å². The topological polar surface area (TPSA) is 114 Å². The van der Waals surface area contributed by atoms with Crippen molar-refractivity contribution in [1.82, 2.24) is 24.7 Å². The van der Waals surface area contributed by atoms with Gasteiger partial charge in [-0.15, -0.1) is 0 Å². The fraction of sp³-hybridized carbons (Fsp3) is 0.611. The van der Waals surface area contributed by atoms with E-state index in [2.05, 4.69) is 26.1 Å². The number of rotatable bonds is 5. The lowest BCUT2D eigenvalue weighted by Gasteiger charge is -2.34. The molecule has 0 unspecified atom stereocenters. The normalized spacial score (nSPS) is 15.7. The summed E-state index contributed by atoms with van der Waals surface area (Å²) in [6, 6.07) is 2.11. The number of hydrogen-bond acceptors (Lipinski definition) is 7. The van der Waals surface area contributed by atoms with Crippen LogP contribution in [0, 0.1) is 13.8 Å². The van der Waals surface area contributed by atoms with Gasteiger partial charge in [-0.1, -0.05) is 5.16 Å². The average Bonchev–Trinajstić information content (AvgIpc) is 3.19. The molecule has 1 aliphatic heterocycles. The molecule has 1 saturated heterocycles. The van der Waals surface area contributed by atoms with Crippen molar-refractivity contribution in [2.45, 2.75) is 39.7 Å². The van der Waals surface area contributed by atoms with E-state index < -0.39 is 12.1 Å². The number of halogens is 3. The van der Waals surface area contributed by atoms with Crippen LogP contribution in [-0.2, 0) is 31.5 Å². The Morgan fingerprint density at radius 1 is 1.20 bits per heavy atom. The number of carbonyl (C=O) groups is 1. The minimum Gasteiger partial charge on any atom is -0.475 e. The van der Waals surface area contributed by atoms with E-state index in [0.29, 0.717) is 6.54 Å². The van der Waals surface area contributed by atoms with E-state index in [1.807, 2.05) is 25.6 Å². The number of aromatic nitrogens is 3. The van der Waals surface area contributed by atoms with Crippen LogP contribution in [0.3, 0.4) is 0 Å². The molecule has 0 bridgehead atoms. The highest BCUT2D eigenvalue weighted by Gasteiger charge is 2.38. The summed E-state index contributed by atoms with van der Waals surface area (Å²) in [5, 5.41) is 15.6. The third kappa shape index (κ3) is 6.54. The average molecular weight is 432 g/mol. The first-order valence-electron chi connectivity index (χ1n) is 9.39. The van der Waals surface area contributed by atoms with Gasteiger partial charge in [0.15, 0.2) is 0 Å². The van der Waals surface area contributed by atoms with Gasteiger partial charge < -0.3 is 15.4 Å². The maximum absolute atomic E-state index is 10.6. The highest BCUT2D eigenvalue weighted by Crippen LogP contribution is 2.17. The van der Waals surface area contributed by atoms with Gasteiger partial charge in [0, 0.05) is 58.4 Å². The lowest BCUT2D eigenvalue weighted by molar-refractivity contribution is -0.192. The number of nitrogens with zero attached hydrogens (tertiary/aromatic N) is 5. The molecule has 12 heteroatoms. The molecule has 30 heavy (non-hydrogen) atoms. The van der Waals surface area contributed by atoms with Gasteiger partial charge in [-0.25, -0.2) is 4.79 Å². The van der Waals surface area contributed by atoms with E-state index in [4.69, 9.17) is 20.2 Å². The quantitative estimate of drug-likeness (QED) is 0.730. The van der Waals surface area contributed by atoms with Crippen LogP contribution in [0.4, 0.5) is 13.2 Å². The molecule has 3 heterocycles. The predicted octanol–water partition coefficient (Wildman–Crippen LogP) is 1.43. The van der Waals surface area contributed by atoms with Crippen LogP contribution in [0.25, 0.3) is 0 Å². The number of carboxylic acids is 1. The van der Waals surface area contributed by atoms with Crippen molar-refractivity contribution < 1.29 is 27.6 Å². The van der Waals surface area contributed by atoms with Crippen LogP contribution in [0.1, 0.15) is 28.4 Å². The summed E-state index contributed by atoms with van der Waals surface area (Å²) in [5.41, 5.74) is 10.1. The maximum atomic E-state index is 10.6. The van der Waals surface area contributed by atoms with Crippen LogP contribution < -0.4 is 5.73 Å². The second-order valence-corrected chi connectivity index (χ2v) is 7.11. The molecule has 0 amide bonds. The first-order valence-corrected chi connectivity index (χ1v) is 9.39. The molecule has 0 radical (unpaired) electrons. The minimum absolute atomic E-state index is 0.499. The molecule has 0 aromatic carbocycles. The van der Waals surface area contributed by atoms with E-state index in [-0.39, 0.29) is 0 Å². The smallest absolute Gasteiger partial charge is 0.475 e. The standard InChI is InChI=1S/C16H26N6O.C2HF3O2/c1-12-16(13(2)23-19-12)11-22-6-4-21(5-7-22)10-15-8-14(9-17)18-20(15)3;3-2(4,5)1(6)7/h8H,4-7,9-11,17H2,1-3H3;(H,6,7). The Kier molecular flexibility index (Phi) is 7.98. The Bertz CT molecular complexity index is 821. The number of carboxylic acid groups (broad SMARTS) is 1. The fourth-order valence-corrected chi connectivity index (χ4v) is 3.11. The molecule has 9 nitrogen and oxygen atoms in total. The van der Waals surface area contributed by atoms with Gasteiger partial charge in [-0.3, -0.25) is 14.5 Å². The Morgan fingerprint density at radius 2 is 1.73 bits per heavy atom. The fourth-order valence-electron chi connectivity index (χ4n) is 3.11. The van der Waals surface area contributed by atoms with Gasteiger partial charge in [0.1, 0.15) is 5.76 Å². The Morgan fingerprint density at radius 3 is 2.13 bits per heavy atom. The second-order valence-electron chi connectivity index (χ2n) is 7.11. The molecule has 3 rings (SSSR count). The van der Waals surface area contributed by atoms with Crippen molar-refractivity contribution in [1.29, 1.82) is 0 Å². The molecular weight excluding hydrogens is 405 g/mol. The molecule has 1 aliphatic rings. The molecule has 168 valence electrons. The molecule has 0 aliphatic carbocycles. The van der Waals surface area contributed by atoms with Crippen molar-refractivity contribution in [3.8, 4) is 0 Å².